The Morgan fingerprint density at radius 3 is 0.940 bits per heavy atom. The number of H-pyrrole nitrogens is 6. The standard InChI is InChI=1S/C81H92N27O37P5/c1-36-21-103(81(116)102-70(36)110)55-16-43(49(136-55)25-127-22-39-12-13-41(128-23-37-8-4-2-5-9-37)42(14-39)129-24-38-10-6-3-7-11-38)141-147(119,120)131-27-51-45(18-57(138-51)106-33-89-62-67(106)94-78(84)99-73(62)113)143-149(123,124)133-29-53-47(20-59(140-53)108-35-91-64-69(108)96-80(86)101-75(64)115)145-150(125,126)134-30-52-46(19-58(139-52)107-34-90-63-68(107)95-79(85)100-74(63)114)144-148(121,122)132-28-50-44(17-56(137-50)105-32-88-61-66(105)93-77(83)98-72(61)112)142-146(117,118)130-26-48-40(109)15-54(135-48)104-31-87-60-65(104)92-76(82)97-71(60)111/h2-14,21,31-35,40,43-59,109H,15-20,22-30H2,1H3,(H,117,118)(H,119,120)(H,121,122)(H,123,124)(H,125,126)(H,102,110,116)(H3,82,92,97,111)(H3,83,93,98,112)(H3,84,94,99,113)(H3,85,95,100,114)(H3,86,96,101,115)/t40-,43-,44-,45-,46-,47-,48+,49+,50+,51+,52+,53+,54+,55+,56+,57+,58+,59+/m0/s1. The van der Waals surface area contributed by atoms with E-state index in [1.807, 2.05) is 60.7 Å². The van der Waals surface area contributed by atoms with Crippen LogP contribution in [0.25, 0.3) is 55.8 Å². The van der Waals surface area contributed by atoms with Crippen molar-refractivity contribution in [2.24, 2.45) is 0 Å². The van der Waals surface area contributed by atoms with Gasteiger partial charge < -0.3 is 101 Å². The number of hydrogen-bond acceptors (Lipinski definition) is 47. The molecule has 22 N–H and O–H groups in total. The summed E-state index contributed by atoms with van der Waals surface area (Å²) in [5.41, 5.74) is 24.4. The van der Waals surface area contributed by atoms with Crippen LogP contribution in [0, 0.1) is 6.92 Å². The fourth-order valence-electron chi connectivity index (χ4n) is 17.7. The lowest BCUT2D eigenvalue weighted by Gasteiger charge is -2.26. The largest absolute Gasteiger partial charge is 0.485 e. The first kappa shape index (κ1) is 104. The second kappa shape index (κ2) is 42.3. The van der Waals surface area contributed by atoms with Gasteiger partial charge in [0.25, 0.3) is 33.4 Å². The van der Waals surface area contributed by atoms with E-state index < -0.39 is 259 Å². The lowest BCUT2D eigenvalue weighted by molar-refractivity contribution is -0.0711. The van der Waals surface area contributed by atoms with Gasteiger partial charge in [-0.1, -0.05) is 66.7 Å². The highest BCUT2D eigenvalue weighted by molar-refractivity contribution is 7.48. The van der Waals surface area contributed by atoms with Crippen LogP contribution >= 0.6 is 39.1 Å². The highest BCUT2D eigenvalue weighted by atomic mass is 31.2. The number of fused-ring (bicyclic) bond motifs is 5. The van der Waals surface area contributed by atoms with Crippen LogP contribution < -0.4 is 77.2 Å². The van der Waals surface area contributed by atoms with Gasteiger partial charge in [-0.25, -0.2) is 52.5 Å². The van der Waals surface area contributed by atoms with Gasteiger partial charge in [0, 0.05) is 50.3 Å². The molecule has 11 aromatic heterocycles. The van der Waals surface area contributed by atoms with Crippen molar-refractivity contribution < 1.29 is 140 Å². The summed E-state index contributed by atoms with van der Waals surface area (Å²) >= 11 is 0. The van der Waals surface area contributed by atoms with Gasteiger partial charge in [-0.3, -0.25) is 131 Å². The molecule has 14 aromatic rings. The van der Waals surface area contributed by atoms with Crippen molar-refractivity contribution in [3.05, 3.63) is 212 Å². The van der Waals surface area contributed by atoms with Crippen LogP contribution in [-0.4, -0.2) is 250 Å². The first-order chi connectivity index (χ1) is 71.6. The third-order valence-electron chi connectivity index (χ3n) is 24.8. The van der Waals surface area contributed by atoms with Crippen LogP contribution in [0.3, 0.4) is 0 Å². The van der Waals surface area contributed by atoms with E-state index >= 15 is 0 Å². The van der Waals surface area contributed by atoms with E-state index in [1.54, 1.807) is 18.2 Å². The predicted molar refractivity (Wildman–Crippen MR) is 507 cm³/mol. The number of nitrogens with zero attached hydrogens (tertiary/aromatic N) is 16. The molecular weight excluding hydrogens is 2100 g/mol. The second-order valence-electron chi connectivity index (χ2n) is 35.0. The molecule has 6 aliphatic rings. The third-order valence-corrected chi connectivity index (χ3v) is 29.8. The van der Waals surface area contributed by atoms with Gasteiger partial charge in [0.05, 0.1) is 84.0 Å². The number of aliphatic hydroxyl groups is 1. The van der Waals surface area contributed by atoms with Gasteiger partial charge in [-0.2, -0.15) is 24.9 Å². The summed E-state index contributed by atoms with van der Waals surface area (Å²) in [4.78, 5) is 205. The van der Waals surface area contributed by atoms with Crippen molar-refractivity contribution in [3.63, 3.8) is 0 Å². The summed E-state index contributed by atoms with van der Waals surface area (Å²) in [6.45, 7) is -3.99. The molecule has 20 rings (SSSR count). The zero-order chi connectivity index (χ0) is 105. The molecule has 5 unspecified atom stereocenters. The van der Waals surface area contributed by atoms with Crippen LogP contribution in [0.15, 0.2) is 150 Å². The summed E-state index contributed by atoms with van der Waals surface area (Å²) in [6, 6.07) is 23.9. The molecule has 0 radical (unpaired) electrons. The van der Waals surface area contributed by atoms with Crippen molar-refractivity contribution in [1.29, 1.82) is 0 Å². The number of benzene rings is 3. The summed E-state index contributed by atoms with van der Waals surface area (Å²) in [7, 11) is -27.9. The highest BCUT2D eigenvalue weighted by Crippen LogP contribution is 2.57. The van der Waals surface area contributed by atoms with Gasteiger partial charge in [0.2, 0.25) is 29.7 Å². The van der Waals surface area contributed by atoms with E-state index in [-0.39, 0.29) is 118 Å². The van der Waals surface area contributed by atoms with Crippen LogP contribution in [0.5, 0.6) is 11.5 Å². The number of ether oxygens (including phenoxy) is 9. The summed E-state index contributed by atoms with van der Waals surface area (Å²) in [5, 5.41) is 11.1. The first-order valence-corrected chi connectivity index (χ1v) is 53.0. The number of phosphoric acid groups is 5. The van der Waals surface area contributed by atoms with Crippen molar-refractivity contribution in [2.45, 2.75) is 176 Å². The number of rotatable bonds is 41. The number of hydrogen-bond donors (Lipinski definition) is 17. The molecule has 0 bridgehead atoms. The Hall–Kier alpha value is -13.1. The number of anilines is 5. The number of aryl methyl sites for hydroxylation is 1. The molecule has 69 heteroatoms. The smallest absolute Gasteiger partial charge is 0.472 e. The Labute approximate surface area is 835 Å². The molecule has 64 nitrogen and oxygen atoms in total. The molecule has 0 spiro atoms. The summed E-state index contributed by atoms with van der Waals surface area (Å²) in [5.74, 6) is -1.05. The number of aromatic amines is 6. The fraction of sp³-hybridized carbons (Fsp3) is 0.420. The Morgan fingerprint density at radius 1 is 0.340 bits per heavy atom. The van der Waals surface area contributed by atoms with E-state index in [9.17, 15) is 86.0 Å². The lowest BCUT2D eigenvalue weighted by Crippen LogP contribution is -2.33. The summed E-state index contributed by atoms with van der Waals surface area (Å²) in [6.07, 6.45) is -23.7. The maximum Gasteiger partial charge on any atom is 0.472 e. The summed E-state index contributed by atoms with van der Waals surface area (Å²) < 4.78 is 193. The number of nitrogen functional groups attached to an aromatic ring is 5. The quantitative estimate of drug-likeness (QED) is 0.0241. The van der Waals surface area contributed by atoms with Gasteiger partial charge >= 0.3 is 44.8 Å². The third kappa shape index (κ3) is 23.1. The Bertz CT molecular complexity index is 8150. The van der Waals surface area contributed by atoms with E-state index in [0.29, 0.717) is 17.1 Å². The van der Waals surface area contributed by atoms with Crippen molar-refractivity contribution in [2.75, 3.05) is 68.3 Å². The van der Waals surface area contributed by atoms with Crippen LogP contribution in [0.1, 0.15) is 98.1 Å². The second-order valence-corrected chi connectivity index (χ2v) is 42.0. The molecule has 6 aliphatic heterocycles. The average Bonchev–Trinajstić information content (AvgIpc) is 1.63. The predicted octanol–water partition coefficient (Wildman–Crippen LogP) is 1.39. The molecule has 0 aliphatic carbocycles. The molecule has 0 saturated carbocycles. The monoisotopic (exact) mass is 2190 g/mol. The van der Waals surface area contributed by atoms with Crippen LogP contribution in [-0.2, 0) is 121 Å². The molecule has 23 atom stereocenters. The van der Waals surface area contributed by atoms with Gasteiger partial charge in [0.1, 0.15) is 118 Å². The van der Waals surface area contributed by atoms with Gasteiger partial charge in [-0.05, 0) is 35.7 Å². The minimum absolute atomic E-state index is 0.0154. The maximum atomic E-state index is 14.8. The molecule has 6 fully saturated rings. The van der Waals surface area contributed by atoms with E-state index in [0.717, 1.165) is 50.1 Å². The zero-order valence-corrected chi connectivity index (χ0v) is 82.1. The maximum absolute atomic E-state index is 14.8. The Kier molecular flexibility index (Phi) is 29.3. The number of aliphatic hydroxyl groups excluding tert-OH is 1. The minimum Gasteiger partial charge on any atom is -0.485 e. The molecule has 798 valence electrons. The van der Waals surface area contributed by atoms with E-state index in [1.165, 1.54) is 33.1 Å². The number of phosphoric ester groups is 5. The Morgan fingerprint density at radius 2 is 0.620 bits per heavy atom. The van der Waals surface area contributed by atoms with Crippen molar-refractivity contribution >= 4 is 125 Å². The normalized spacial score (nSPS) is 26.1. The SMILES string of the molecule is Cc1cn([C@H]2C[C@H](OP(=O)(O)OC[C@H]3O[C@@H](n4cnc5c(=O)[nH]c(N)nc54)C[C@@H]3OP(=O)(O)OC[C@H]3O[C@@H](n4cnc5c(=O)[nH]c(N)nc54)C[C@@H]3OP(=O)(O)OC[C@H]3O[C@@H](n4cnc5c(=O)[nH]c(N)nc54)C[C@@H]3OP(=O)(O)OC[C@H]3O[C@@H](n4cnc5c(=O)[nH]c(N)nc54)C[C@@H]3OP(=O)(O)OC[C@H]3O[C@@H](n4cnc5c(=O)[nH]c(N)nc54)C[C@@H]3O)[C@@H](COCc3ccc(OCc4ccccc4)c(OCc4ccccc4)c3)O2)c(=O)[nH]c1=O. The van der Waals surface area contributed by atoms with E-state index in [4.69, 9.17) is 117 Å². The molecule has 6 saturated heterocycles. The molecule has 3 aromatic carbocycles. The van der Waals surface area contributed by atoms with Crippen molar-refractivity contribution in [1.82, 2.24) is 107 Å². The number of imidazole rings is 5. The number of nitrogens with one attached hydrogen (secondary N) is 6. The highest BCUT2D eigenvalue weighted by Gasteiger charge is 2.52. The fourth-order valence-corrected chi connectivity index (χ4v) is 22.6. The number of nitrogens with two attached hydrogens (primary N) is 5. The van der Waals surface area contributed by atoms with Crippen molar-refractivity contribution in [3.8, 4) is 11.5 Å². The number of aromatic nitrogens is 22. The lowest BCUT2D eigenvalue weighted by atomic mass is 10.2. The zero-order valence-electron chi connectivity index (χ0n) is 77.6. The Balaban J connectivity index is 0.528. The molecule has 17 heterocycles. The average molecular weight is 2190 g/mol. The molecule has 150 heavy (non-hydrogen) atoms. The van der Waals surface area contributed by atoms with Crippen LogP contribution in [0.2, 0.25) is 0 Å². The van der Waals surface area contributed by atoms with Gasteiger partial charge in [0.15, 0.2) is 67.3 Å². The van der Waals surface area contributed by atoms with Crippen LogP contribution in [0.4, 0.5) is 29.7 Å². The molecular formula is C81H92N27O37P5. The van der Waals surface area contributed by atoms with E-state index in [2.05, 4.69) is 79.7 Å². The molecule has 0 amide bonds. The topological polar surface area (TPSA) is 885 Å². The van der Waals surface area contributed by atoms with Gasteiger partial charge in [-0.15, -0.1) is 0 Å². The minimum atomic E-state index is -5.73. The first-order valence-electron chi connectivity index (χ1n) is 45.5.